The Labute approximate surface area is 125 Å². The van der Waals surface area contributed by atoms with Gasteiger partial charge in [-0.3, -0.25) is 9.59 Å². The van der Waals surface area contributed by atoms with E-state index in [1.54, 1.807) is 41.5 Å². The van der Waals surface area contributed by atoms with Crippen LogP contribution in [0.4, 0.5) is 8.78 Å². The highest BCUT2D eigenvalue weighted by atomic mass is 19.3. The number of halogens is 2. The van der Waals surface area contributed by atoms with Crippen molar-refractivity contribution in [3.63, 3.8) is 0 Å². The Balaban J connectivity index is 5.09. The molecule has 1 N–H and O–H groups in total. The summed E-state index contributed by atoms with van der Waals surface area (Å²) >= 11 is 0. The molecule has 0 fully saturated rings. The second kappa shape index (κ2) is 6.71. The van der Waals surface area contributed by atoms with Crippen molar-refractivity contribution in [2.24, 2.45) is 5.41 Å². The Morgan fingerprint density at radius 2 is 1.57 bits per heavy atom. The number of carbonyl (C=O) groups is 2. The van der Waals surface area contributed by atoms with Crippen molar-refractivity contribution in [3.8, 4) is 0 Å². The lowest BCUT2D eigenvalue weighted by molar-refractivity contribution is -0.189. The van der Waals surface area contributed by atoms with Crippen LogP contribution in [0.1, 0.15) is 61.3 Å². The lowest BCUT2D eigenvalue weighted by Gasteiger charge is -2.31. The summed E-state index contributed by atoms with van der Waals surface area (Å²) in [5.41, 5.74) is -1.64. The van der Waals surface area contributed by atoms with Crippen molar-refractivity contribution in [2.45, 2.75) is 78.9 Å². The molecule has 1 atom stereocenters. The lowest BCUT2D eigenvalue weighted by atomic mass is 9.90. The monoisotopic (exact) mass is 307 g/mol. The van der Waals surface area contributed by atoms with Gasteiger partial charge in [-0.1, -0.05) is 13.8 Å². The smallest absolute Gasteiger partial charge is 0.360 e. The largest absolute Gasteiger partial charge is 0.455 e. The second-order valence-electron chi connectivity index (χ2n) is 6.87. The van der Waals surface area contributed by atoms with Gasteiger partial charge in [-0.25, -0.2) is 0 Å². The molecule has 6 heteroatoms. The van der Waals surface area contributed by atoms with E-state index in [-0.39, 0.29) is 6.42 Å². The molecule has 0 spiro atoms. The molecule has 0 radical (unpaired) electrons. The number of hydrogen-bond donors (Lipinski definition) is 1. The average molecular weight is 307 g/mol. The van der Waals surface area contributed by atoms with Crippen LogP contribution in [0.3, 0.4) is 0 Å². The first-order valence-corrected chi connectivity index (χ1v) is 7.19. The van der Waals surface area contributed by atoms with Crippen molar-refractivity contribution in [3.05, 3.63) is 0 Å². The summed E-state index contributed by atoms with van der Waals surface area (Å²) in [6, 6.07) is 0. The van der Waals surface area contributed by atoms with Gasteiger partial charge in [0.1, 0.15) is 0 Å². The molecule has 0 saturated heterocycles. The number of ether oxygens (including phenoxy) is 1. The third-order valence-electron chi connectivity index (χ3n) is 3.25. The number of carbonyl (C=O) groups excluding carboxylic acids is 2. The van der Waals surface area contributed by atoms with Gasteiger partial charge in [0.2, 0.25) is 0 Å². The maximum atomic E-state index is 14.2. The van der Waals surface area contributed by atoms with Gasteiger partial charge in [0.05, 0.1) is 5.41 Å². The Kier molecular flexibility index (Phi) is 6.32. The third-order valence-corrected chi connectivity index (χ3v) is 3.25. The first-order valence-electron chi connectivity index (χ1n) is 7.19. The van der Waals surface area contributed by atoms with E-state index in [9.17, 15) is 18.4 Å². The molecule has 1 amide bonds. The molecule has 0 heterocycles. The number of alkyl halides is 2. The predicted molar refractivity (Wildman–Crippen MR) is 77.1 cm³/mol. The van der Waals surface area contributed by atoms with Crippen LogP contribution in [-0.2, 0) is 14.3 Å². The van der Waals surface area contributed by atoms with Gasteiger partial charge in [-0.05, 0) is 47.5 Å². The number of nitrogens with one attached hydrogen (secondary N) is 1. The number of rotatable bonds is 6. The van der Waals surface area contributed by atoms with E-state index in [0.717, 1.165) is 0 Å². The van der Waals surface area contributed by atoms with Crippen LogP contribution in [0.15, 0.2) is 0 Å². The van der Waals surface area contributed by atoms with E-state index in [1.165, 1.54) is 6.92 Å². The van der Waals surface area contributed by atoms with E-state index in [2.05, 4.69) is 5.32 Å². The van der Waals surface area contributed by atoms with Gasteiger partial charge >= 0.3 is 11.9 Å². The van der Waals surface area contributed by atoms with Crippen LogP contribution in [-0.4, -0.2) is 29.4 Å². The summed E-state index contributed by atoms with van der Waals surface area (Å²) in [4.78, 5) is 23.7. The summed E-state index contributed by atoms with van der Waals surface area (Å²) in [6.45, 7) is 11.3. The lowest BCUT2D eigenvalue weighted by Crippen LogP contribution is -2.55. The van der Waals surface area contributed by atoms with Crippen LogP contribution in [0.2, 0.25) is 0 Å². The zero-order valence-electron chi connectivity index (χ0n) is 14.0. The molecular formula is C15H27F2NO3. The molecule has 0 rings (SSSR count). The molecule has 21 heavy (non-hydrogen) atoms. The minimum Gasteiger partial charge on any atom is -0.455 e. The van der Waals surface area contributed by atoms with Gasteiger partial charge in [0.25, 0.3) is 5.91 Å². The highest BCUT2D eigenvalue weighted by molar-refractivity contribution is 5.85. The Morgan fingerprint density at radius 1 is 1.10 bits per heavy atom. The van der Waals surface area contributed by atoms with Crippen molar-refractivity contribution in [1.82, 2.24) is 5.32 Å². The highest BCUT2D eigenvalue weighted by Crippen LogP contribution is 2.29. The number of esters is 1. The number of hydrogen-bond acceptors (Lipinski definition) is 3. The fourth-order valence-electron chi connectivity index (χ4n) is 1.42. The summed E-state index contributed by atoms with van der Waals surface area (Å²) in [7, 11) is 0. The molecule has 0 aromatic heterocycles. The molecule has 0 saturated carbocycles. The summed E-state index contributed by atoms with van der Waals surface area (Å²) in [5, 5.41) is 2.22. The van der Waals surface area contributed by atoms with Crippen molar-refractivity contribution in [2.75, 3.05) is 0 Å². The summed E-state index contributed by atoms with van der Waals surface area (Å²) in [6.07, 6.45) is -1.45. The van der Waals surface area contributed by atoms with E-state index in [0.29, 0.717) is 6.42 Å². The van der Waals surface area contributed by atoms with Crippen molar-refractivity contribution < 1.29 is 23.1 Å². The van der Waals surface area contributed by atoms with E-state index >= 15 is 0 Å². The normalized spacial score (nSPS) is 14.5. The van der Waals surface area contributed by atoms with Crippen LogP contribution < -0.4 is 5.32 Å². The summed E-state index contributed by atoms with van der Waals surface area (Å²) < 4.78 is 33.3. The third kappa shape index (κ3) is 5.59. The summed E-state index contributed by atoms with van der Waals surface area (Å²) in [5.74, 6) is -5.91. The van der Waals surface area contributed by atoms with E-state index in [1.807, 2.05) is 0 Å². The van der Waals surface area contributed by atoms with Gasteiger partial charge in [0.15, 0.2) is 6.10 Å². The SMILES string of the molecule is CCC(OC(=O)C(C)(C)CC)C(F)(F)C(=O)NC(C)(C)C. The first kappa shape index (κ1) is 19.8. The standard InChI is InChI=1S/C15H27F2NO3/c1-8-10(21-12(20)14(6,7)9-2)15(16,17)11(19)18-13(3,4)5/h10H,8-9H2,1-7H3,(H,18,19). The van der Waals surface area contributed by atoms with Crippen LogP contribution in [0.5, 0.6) is 0 Å². The fourth-order valence-corrected chi connectivity index (χ4v) is 1.42. The first-order chi connectivity index (χ1) is 9.28. The van der Waals surface area contributed by atoms with Gasteiger partial charge in [-0.15, -0.1) is 0 Å². The molecule has 124 valence electrons. The van der Waals surface area contributed by atoms with Crippen molar-refractivity contribution in [1.29, 1.82) is 0 Å². The van der Waals surface area contributed by atoms with Gasteiger partial charge < -0.3 is 10.1 Å². The molecule has 0 aliphatic rings. The fraction of sp³-hybridized carbons (Fsp3) is 0.867. The molecule has 0 aromatic carbocycles. The highest BCUT2D eigenvalue weighted by Gasteiger charge is 2.50. The molecule has 0 aromatic rings. The maximum Gasteiger partial charge on any atom is 0.360 e. The molecular weight excluding hydrogens is 280 g/mol. The van der Waals surface area contributed by atoms with Crippen LogP contribution in [0, 0.1) is 5.41 Å². The Bertz CT molecular complexity index is 387. The Hall–Kier alpha value is -1.20. The zero-order valence-corrected chi connectivity index (χ0v) is 14.0. The van der Waals surface area contributed by atoms with E-state index < -0.39 is 34.9 Å². The predicted octanol–water partition coefficient (Wildman–Crippen LogP) is 3.29. The average Bonchev–Trinajstić information content (AvgIpc) is 2.32. The number of amides is 1. The van der Waals surface area contributed by atoms with Crippen LogP contribution >= 0.6 is 0 Å². The molecule has 4 nitrogen and oxygen atoms in total. The zero-order chi connectivity index (χ0) is 17.1. The quantitative estimate of drug-likeness (QED) is 0.766. The van der Waals surface area contributed by atoms with Crippen LogP contribution in [0.25, 0.3) is 0 Å². The topological polar surface area (TPSA) is 55.4 Å². The van der Waals surface area contributed by atoms with Crippen molar-refractivity contribution >= 4 is 11.9 Å². The second-order valence-corrected chi connectivity index (χ2v) is 6.87. The maximum absolute atomic E-state index is 14.2. The molecule has 0 aliphatic heterocycles. The van der Waals surface area contributed by atoms with Gasteiger partial charge in [-0.2, -0.15) is 8.78 Å². The minimum atomic E-state index is -3.76. The Morgan fingerprint density at radius 3 is 1.90 bits per heavy atom. The molecule has 0 bridgehead atoms. The molecule has 1 unspecified atom stereocenters. The molecule has 0 aliphatic carbocycles. The van der Waals surface area contributed by atoms with Gasteiger partial charge in [0, 0.05) is 5.54 Å². The minimum absolute atomic E-state index is 0.143. The van der Waals surface area contributed by atoms with E-state index in [4.69, 9.17) is 4.74 Å².